The molecule has 6 heteroatoms. The molecule has 3 aromatic carbocycles. The summed E-state index contributed by atoms with van der Waals surface area (Å²) in [6, 6.07) is 17.9. The highest BCUT2D eigenvalue weighted by Gasteiger charge is 2.10. The summed E-state index contributed by atoms with van der Waals surface area (Å²) in [5, 5.41) is 0.987. The molecular weight excluding hydrogens is 411 g/mol. The normalized spacial score (nSPS) is 10.7. The van der Waals surface area contributed by atoms with Gasteiger partial charge in [0.2, 0.25) is 0 Å². The van der Waals surface area contributed by atoms with Crippen LogP contribution in [0.4, 0.5) is 0 Å². The van der Waals surface area contributed by atoms with Crippen LogP contribution in [0.3, 0.4) is 0 Å². The molecule has 0 spiro atoms. The Morgan fingerprint density at radius 2 is 1.45 bits per heavy atom. The lowest BCUT2D eigenvalue weighted by atomic mass is 10.1. The Morgan fingerprint density at radius 1 is 0.828 bits per heavy atom. The highest BCUT2D eigenvalue weighted by Crippen LogP contribution is 2.22. The van der Waals surface area contributed by atoms with E-state index < -0.39 is 5.97 Å². The zero-order valence-corrected chi connectivity index (χ0v) is 16.9. The third-order valence-electron chi connectivity index (χ3n) is 4.05. The highest BCUT2D eigenvalue weighted by atomic mass is 35.5. The molecule has 3 aromatic rings. The molecule has 0 heterocycles. The van der Waals surface area contributed by atoms with Crippen LogP contribution in [0.5, 0.6) is 11.5 Å². The molecule has 0 aliphatic rings. The number of ketones is 1. The maximum atomic E-state index is 12.3. The zero-order valence-electron chi connectivity index (χ0n) is 15.4. The van der Waals surface area contributed by atoms with Gasteiger partial charge in [-0.05, 0) is 78.4 Å². The van der Waals surface area contributed by atoms with Crippen LogP contribution in [0.15, 0.2) is 72.8 Å². The Morgan fingerprint density at radius 3 is 2.07 bits per heavy atom. The number of carbonyl (C=O) groups excluding carboxylic acids is 2. The Bertz CT molecular complexity index is 1060. The van der Waals surface area contributed by atoms with Crippen molar-refractivity contribution in [1.82, 2.24) is 0 Å². The molecule has 0 radical (unpaired) electrons. The molecule has 146 valence electrons. The fraction of sp³-hybridized carbons (Fsp3) is 0.0435. The summed E-state index contributed by atoms with van der Waals surface area (Å²) in [5.41, 5.74) is 1.54. The Hall–Kier alpha value is -3.08. The highest BCUT2D eigenvalue weighted by molar-refractivity contribution is 6.35. The number of rotatable bonds is 6. The van der Waals surface area contributed by atoms with E-state index in [0.29, 0.717) is 38.2 Å². The summed E-state index contributed by atoms with van der Waals surface area (Å²) in [6.45, 7) is 0. The van der Waals surface area contributed by atoms with Crippen LogP contribution in [0.25, 0.3) is 6.08 Å². The van der Waals surface area contributed by atoms with Gasteiger partial charge in [0.1, 0.15) is 11.5 Å². The molecule has 3 rings (SSSR count). The second-order valence-corrected chi connectivity index (χ2v) is 6.85. The van der Waals surface area contributed by atoms with Crippen LogP contribution in [-0.4, -0.2) is 18.9 Å². The molecule has 0 amide bonds. The largest absolute Gasteiger partial charge is 0.497 e. The average molecular weight is 427 g/mol. The van der Waals surface area contributed by atoms with E-state index in [2.05, 4.69) is 0 Å². The van der Waals surface area contributed by atoms with Crippen molar-refractivity contribution < 1.29 is 19.1 Å². The van der Waals surface area contributed by atoms with Crippen LogP contribution in [-0.2, 0) is 0 Å². The summed E-state index contributed by atoms with van der Waals surface area (Å²) in [4.78, 5) is 24.5. The molecule has 0 atom stereocenters. The second kappa shape index (κ2) is 9.41. The van der Waals surface area contributed by atoms with Crippen molar-refractivity contribution >= 4 is 41.0 Å². The molecule has 4 nitrogen and oxygen atoms in total. The summed E-state index contributed by atoms with van der Waals surface area (Å²) in [6.07, 6.45) is 3.05. The number of benzene rings is 3. The van der Waals surface area contributed by atoms with E-state index in [9.17, 15) is 9.59 Å². The molecule has 29 heavy (non-hydrogen) atoms. The van der Waals surface area contributed by atoms with Gasteiger partial charge in [0.05, 0.1) is 12.7 Å². The van der Waals surface area contributed by atoms with Crippen molar-refractivity contribution in [2.45, 2.75) is 0 Å². The van der Waals surface area contributed by atoms with Gasteiger partial charge >= 0.3 is 5.97 Å². The number of ether oxygens (including phenoxy) is 2. The number of methoxy groups -OCH3 is 1. The summed E-state index contributed by atoms with van der Waals surface area (Å²) in [5.74, 6) is 0.289. The molecule has 0 aliphatic heterocycles. The number of allylic oxidation sites excluding steroid dienone is 1. The van der Waals surface area contributed by atoms with Gasteiger partial charge in [0, 0.05) is 15.6 Å². The molecule has 0 N–H and O–H groups in total. The Labute approximate surface area is 178 Å². The first-order valence-corrected chi connectivity index (χ1v) is 9.35. The number of carbonyl (C=O) groups is 2. The monoisotopic (exact) mass is 426 g/mol. The van der Waals surface area contributed by atoms with E-state index in [1.807, 2.05) is 0 Å². The van der Waals surface area contributed by atoms with Crippen LogP contribution >= 0.6 is 23.2 Å². The Kier molecular flexibility index (Phi) is 6.70. The summed E-state index contributed by atoms with van der Waals surface area (Å²) in [7, 11) is 1.55. The molecule has 0 saturated carbocycles. The van der Waals surface area contributed by atoms with E-state index in [1.165, 1.54) is 6.08 Å². The van der Waals surface area contributed by atoms with Gasteiger partial charge in [-0.2, -0.15) is 0 Å². The molecule has 0 saturated heterocycles. The van der Waals surface area contributed by atoms with Gasteiger partial charge in [-0.25, -0.2) is 4.79 Å². The van der Waals surface area contributed by atoms with Crippen LogP contribution in [0.1, 0.15) is 26.3 Å². The van der Waals surface area contributed by atoms with E-state index in [0.717, 1.165) is 0 Å². The predicted octanol–water partition coefficient (Wildman–Crippen LogP) is 6.12. The molecule has 0 unspecified atom stereocenters. The third-order valence-corrected chi connectivity index (χ3v) is 4.61. The predicted molar refractivity (Wildman–Crippen MR) is 114 cm³/mol. The van der Waals surface area contributed by atoms with Gasteiger partial charge < -0.3 is 9.47 Å². The Balaban J connectivity index is 1.65. The lowest BCUT2D eigenvalue weighted by Crippen LogP contribution is -2.08. The molecule has 0 fully saturated rings. The average Bonchev–Trinajstić information content (AvgIpc) is 2.73. The SMILES string of the molecule is COc1ccc(C(=O)Oc2ccc(C(=O)/C=C/c3ccc(Cl)cc3Cl)cc2)cc1. The van der Waals surface area contributed by atoms with Crippen molar-refractivity contribution in [1.29, 1.82) is 0 Å². The lowest BCUT2D eigenvalue weighted by Gasteiger charge is -2.06. The molecule has 0 bridgehead atoms. The minimum atomic E-state index is -0.496. The smallest absolute Gasteiger partial charge is 0.343 e. The minimum absolute atomic E-state index is 0.205. The molecular formula is C23H16Cl2O4. The number of halogens is 2. The molecule has 0 aromatic heterocycles. The maximum absolute atomic E-state index is 12.3. The molecule has 0 aliphatic carbocycles. The summed E-state index contributed by atoms with van der Waals surface area (Å²) >= 11 is 12.0. The standard InChI is InChI=1S/C23H16Cl2O4/c1-28-19-9-5-17(6-10-19)23(27)29-20-11-3-16(4-12-20)22(26)13-7-15-2-8-18(24)14-21(15)25/h2-14H,1H3/b13-7+. The van der Waals surface area contributed by atoms with Gasteiger partial charge in [0.25, 0.3) is 0 Å². The number of hydrogen-bond acceptors (Lipinski definition) is 4. The fourth-order valence-electron chi connectivity index (χ4n) is 2.48. The minimum Gasteiger partial charge on any atom is -0.497 e. The fourth-order valence-corrected chi connectivity index (χ4v) is 2.95. The third kappa shape index (κ3) is 5.47. The van der Waals surface area contributed by atoms with Crippen molar-refractivity contribution in [3.63, 3.8) is 0 Å². The van der Waals surface area contributed by atoms with E-state index in [-0.39, 0.29) is 5.78 Å². The van der Waals surface area contributed by atoms with E-state index in [4.69, 9.17) is 32.7 Å². The first-order valence-electron chi connectivity index (χ1n) is 8.60. The van der Waals surface area contributed by atoms with Crippen LogP contribution in [0, 0.1) is 0 Å². The van der Waals surface area contributed by atoms with Crippen molar-refractivity contribution in [2.75, 3.05) is 7.11 Å². The van der Waals surface area contributed by atoms with Crippen LogP contribution < -0.4 is 9.47 Å². The van der Waals surface area contributed by atoms with E-state index >= 15 is 0 Å². The van der Waals surface area contributed by atoms with Gasteiger partial charge in [-0.3, -0.25) is 4.79 Å². The van der Waals surface area contributed by atoms with Crippen molar-refractivity contribution in [3.05, 3.63) is 99.5 Å². The summed E-state index contributed by atoms with van der Waals surface area (Å²) < 4.78 is 10.4. The quantitative estimate of drug-likeness (QED) is 0.206. The van der Waals surface area contributed by atoms with Crippen molar-refractivity contribution in [3.8, 4) is 11.5 Å². The zero-order chi connectivity index (χ0) is 20.8. The van der Waals surface area contributed by atoms with E-state index in [1.54, 1.807) is 79.9 Å². The topological polar surface area (TPSA) is 52.6 Å². The number of hydrogen-bond donors (Lipinski definition) is 0. The van der Waals surface area contributed by atoms with Gasteiger partial charge in [0.15, 0.2) is 5.78 Å². The van der Waals surface area contributed by atoms with Gasteiger partial charge in [-0.1, -0.05) is 29.3 Å². The first-order chi connectivity index (χ1) is 14.0. The second-order valence-electron chi connectivity index (χ2n) is 6.01. The first kappa shape index (κ1) is 20.6. The van der Waals surface area contributed by atoms with Crippen molar-refractivity contribution in [2.24, 2.45) is 0 Å². The lowest BCUT2D eigenvalue weighted by molar-refractivity contribution is 0.0734. The maximum Gasteiger partial charge on any atom is 0.343 e. The number of esters is 1. The van der Waals surface area contributed by atoms with Gasteiger partial charge in [-0.15, -0.1) is 0 Å². The van der Waals surface area contributed by atoms with Crippen LogP contribution in [0.2, 0.25) is 10.0 Å².